The number of rotatable bonds is 11. The van der Waals surface area contributed by atoms with Crippen molar-refractivity contribution in [2.45, 2.75) is 25.0 Å². The molecule has 14 heteroatoms. The SMILES string of the molecule is O=C([O-])CCC(=O)OC1C(=O)c2c(O)cc(O)cc2OC1c1ccc(O)c(O)c1.OCC[NH+](CCO)CCO. The third-order valence-corrected chi connectivity index (χ3v) is 5.62. The van der Waals surface area contributed by atoms with Crippen LogP contribution in [0.15, 0.2) is 30.3 Å². The van der Waals surface area contributed by atoms with Crippen LogP contribution in [0.5, 0.6) is 28.7 Å². The first-order valence-electron chi connectivity index (χ1n) is 11.9. The molecule has 1 aliphatic rings. The molecule has 0 amide bonds. The Hall–Kier alpha value is -4.11. The number of phenolic OH excluding ortho intramolecular Hbond substituents is 4. The second kappa shape index (κ2) is 14.7. The molecule has 0 spiro atoms. The molecule has 2 unspecified atom stereocenters. The van der Waals surface area contributed by atoms with E-state index >= 15 is 0 Å². The van der Waals surface area contributed by atoms with Crippen molar-refractivity contribution < 1.29 is 69.6 Å². The summed E-state index contributed by atoms with van der Waals surface area (Å²) in [4.78, 5) is 36.5. The first kappa shape index (κ1) is 31.1. The van der Waals surface area contributed by atoms with Crippen molar-refractivity contribution in [3.05, 3.63) is 41.5 Å². The van der Waals surface area contributed by atoms with Crippen molar-refractivity contribution in [3.8, 4) is 28.7 Å². The molecule has 2 atom stereocenters. The van der Waals surface area contributed by atoms with Crippen LogP contribution >= 0.6 is 0 Å². The molecule has 39 heavy (non-hydrogen) atoms. The van der Waals surface area contributed by atoms with Gasteiger partial charge < -0.3 is 60.0 Å². The Bertz CT molecular complexity index is 1140. The smallest absolute Gasteiger partial charge is 0.307 e. The predicted molar refractivity (Wildman–Crippen MR) is 128 cm³/mol. The number of ether oxygens (including phenoxy) is 2. The van der Waals surface area contributed by atoms with Crippen LogP contribution in [0.1, 0.15) is 34.9 Å². The first-order valence-corrected chi connectivity index (χ1v) is 11.9. The molecule has 8 N–H and O–H groups in total. The van der Waals surface area contributed by atoms with Gasteiger partial charge in [0, 0.05) is 23.7 Å². The van der Waals surface area contributed by atoms with E-state index in [4.69, 9.17) is 24.8 Å². The Morgan fingerprint density at radius 2 is 1.49 bits per heavy atom. The fourth-order valence-corrected chi connectivity index (χ4v) is 3.74. The normalized spacial score (nSPS) is 16.1. The predicted octanol–water partition coefficient (Wildman–Crippen LogP) is -2.88. The van der Waals surface area contributed by atoms with Crippen LogP contribution in [0.2, 0.25) is 0 Å². The minimum Gasteiger partial charge on any atom is -0.550 e. The Kier molecular flexibility index (Phi) is 11.7. The number of hydrogen-bond donors (Lipinski definition) is 8. The van der Waals surface area contributed by atoms with Gasteiger partial charge in [0.1, 0.15) is 42.4 Å². The Labute approximate surface area is 222 Å². The first-order chi connectivity index (χ1) is 18.5. The summed E-state index contributed by atoms with van der Waals surface area (Å²) >= 11 is 0. The van der Waals surface area contributed by atoms with Crippen LogP contribution < -0.4 is 14.7 Å². The minimum atomic E-state index is -1.63. The topological polar surface area (TPSA) is 239 Å². The average Bonchev–Trinajstić information content (AvgIpc) is 2.86. The maximum absolute atomic E-state index is 12.9. The highest BCUT2D eigenvalue weighted by Crippen LogP contribution is 2.43. The molecule has 0 aromatic heterocycles. The van der Waals surface area contributed by atoms with Gasteiger partial charge in [-0.2, -0.15) is 0 Å². The summed E-state index contributed by atoms with van der Waals surface area (Å²) in [6, 6.07) is 5.50. The van der Waals surface area contributed by atoms with E-state index in [-0.39, 0.29) is 42.4 Å². The Morgan fingerprint density at radius 3 is 2.03 bits per heavy atom. The maximum atomic E-state index is 12.9. The van der Waals surface area contributed by atoms with Gasteiger partial charge in [-0.05, 0) is 18.6 Å². The van der Waals surface area contributed by atoms with Crippen molar-refractivity contribution in [1.29, 1.82) is 0 Å². The fourth-order valence-electron chi connectivity index (χ4n) is 3.74. The van der Waals surface area contributed by atoms with Crippen LogP contribution in [0.25, 0.3) is 0 Å². The molecular formula is C25H31NO13. The van der Waals surface area contributed by atoms with Crippen molar-refractivity contribution in [2.75, 3.05) is 39.5 Å². The number of aromatic hydroxyl groups is 4. The quantitative estimate of drug-likeness (QED) is 0.103. The second-order valence-electron chi connectivity index (χ2n) is 8.44. The third kappa shape index (κ3) is 8.71. The number of fused-ring (bicyclic) bond motifs is 1. The summed E-state index contributed by atoms with van der Waals surface area (Å²) in [5.41, 5.74) is -0.195. The van der Waals surface area contributed by atoms with E-state index in [2.05, 4.69) is 0 Å². The van der Waals surface area contributed by atoms with Crippen molar-refractivity contribution in [3.63, 3.8) is 0 Å². The van der Waals surface area contributed by atoms with Gasteiger partial charge in [0.05, 0.1) is 26.2 Å². The molecule has 2 aromatic carbocycles. The lowest BCUT2D eigenvalue weighted by molar-refractivity contribution is -0.901. The third-order valence-electron chi connectivity index (χ3n) is 5.62. The van der Waals surface area contributed by atoms with E-state index in [0.29, 0.717) is 19.6 Å². The van der Waals surface area contributed by atoms with Crippen LogP contribution in [-0.4, -0.2) is 99.0 Å². The number of benzene rings is 2. The number of carbonyl (C=O) groups is 3. The summed E-state index contributed by atoms with van der Waals surface area (Å²) in [7, 11) is 0. The van der Waals surface area contributed by atoms with Gasteiger partial charge in [-0.25, -0.2) is 0 Å². The number of ketones is 1. The molecule has 0 saturated carbocycles. The zero-order valence-corrected chi connectivity index (χ0v) is 20.8. The van der Waals surface area contributed by atoms with E-state index in [9.17, 15) is 39.9 Å². The van der Waals surface area contributed by atoms with E-state index in [1.54, 1.807) is 0 Å². The zero-order valence-electron chi connectivity index (χ0n) is 20.8. The minimum absolute atomic E-state index is 0.106. The molecule has 0 radical (unpaired) electrons. The monoisotopic (exact) mass is 553 g/mol. The molecule has 3 rings (SSSR count). The number of aliphatic hydroxyl groups excluding tert-OH is 3. The zero-order chi connectivity index (χ0) is 29.1. The van der Waals surface area contributed by atoms with Crippen LogP contribution in [0, 0.1) is 0 Å². The largest absolute Gasteiger partial charge is 0.550 e. The summed E-state index contributed by atoms with van der Waals surface area (Å²) < 4.78 is 10.8. The molecule has 1 heterocycles. The van der Waals surface area contributed by atoms with Gasteiger partial charge in [-0.15, -0.1) is 0 Å². The van der Waals surface area contributed by atoms with Crippen LogP contribution in [0.3, 0.4) is 0 Å². The average molecular weight is 554 g/mol. The highest BCUT2D eigenvalue weighted by molar-refractivity contribution is 6.06. The lowest BCUT2D eigenvalue weighted by Gasteiger charge is -2.32. The number of carboxylic acid groups (broad SMARTS) is 1. The highest BCUT2D eigenvalue weighted by atomic mass is 16.6. The summed E-state index contributed by atoms with van der Waals surface area (Å²) in [5, 5.41) is 75.0. The van der Waals surface area contributed by atoms with E-state index < -0.39 is 60.0 Å². The number of aliphatic carboxylic acids is 1. The van der Waals surface area contributed by atoms with Crippen LogP contribution in [0.4, 0.5) is 0 Å². The van der Waals surface area contributed by atoms with Gasteiger partial charge in [0.15, 0.2) is 17.6 Å². The molecular weight excluding hydrogens is 522 g/mol. The molecule has 0 bridgehead atoms. The highest BCUT2D eigenvalue weighted by Gasteiger charge is 2.43. The number of nitrogens with one attached hydrogen (secondary N) is 1. The van der Waals surface area contributed by atoms with Crippen molar-refractivity contribution >= 4 is 17.7 Å². The number of carbonyl (C=O) groups excluding carboxylic acids is 3. The Balaban J connectivity index is 0.000000455. The van der Waals surface area contributed by atoms with Gasteiger partial charge in [0.25, 0.3) is 0 Å². The lowest BCUT2D eigenvalue weighted by Crippen LogP contribution is -3.13. The van der Waals surface area contributed by atoms with E-state index in [1.165, 1.54) is 6.07 Å². The molecule has 14 nitrogen and oxygen atoms in total. The number of aliphatic hydroxyl groups is 3. The molecule has 0 aliphatic carbocycles. The number of hydrogen-bond acceptors (Lipinski definition) is 13. The Morgan fingerprint density at radius 1 is 0.872 bits per heavy atom. The summed E-state index contributed by atoms with van der Waals surface area (Å²) in [6.07, 6.45) is -4.12. The van der Waals surface area contributed by atoms with Gasteiger partial charge in [-0.3, -0.25) is 9.59 Å². The van der Waals surface area contributed by atoms with Gasteiger partial charge >= 0.3 is 5.97 Å². The molecule has 2 aromatic rings. The van der Waals surface area contributed by atoms with Crippen molar-refractivity contribution in [1.82, 2.24) is 0 Å². The number of esters is 1. The molecule has 1 aliphatic heterocycles. The number of carboxylic acids is 1. The van der Waals surface area contributed by atoms with Crippen LogP contribution in [-0.2, 0) is 14.3 Å². The number of quaternary nitrogens is 1. The van der Waals surface area contributed by atoms with Crippen molar-refractivity contribution in [2.24, 2.45) is 0 Å². The lowest BCUT2D eigenvalue weighted by atomic mass is 9.92. The van der Waals surface area contributed by atoms with E-state index in [1.807, 2.05) is 0 Å². The van der Waals surface area contributed by atoms with Gasteiger partial charge in [0.2, 0.25) is 11.9 Å². The second-order valence-corrected chi connectivity index (χ2v) is 8.44. The van der Waals surface area contributed by atoms with Gasteiger partial charge in [-0.1, -0.05) is 6.07 Å². The number of Topliss-reactive ketones (excluding diaryl/α,β-unsaturated/α-hetero) is 1. The molecule has 0 fully saturated rings. The standard InChI is InChI=1S/C19H16O10.C6H15NO3/c20-9-6-12(23)16-13(7-9)28-18(8-1-2-10(21)11(22)5-8)19(17(16)27)29-15(26)4-3-14(24)25;8-4-1-7(2-5-9)3-6-10/h1-2,5-7,18-23H,3-4H2,(H,24,25);8-10H,1-6H2. The fraction of sp³-hybridized carbons (Fsp3) is 0.400. The molecule has 214 valence electrons. The maximum Gasteiger partial charge on any atom is 0.307 e. The number of phenols is 4. The summed E-state index contributed by atoms with van der Waals surface area (Å²) in [5.74, 6) is -5.49. The van der Waals surface area contributed by atoms with E-state index in [0.717, 1.165) is 29.2 Å². The summed E-state index contributed by atoms with van der Waals surface area (Å²) in [6.45, 7) is 2.11. The molecule has 0 saturated heterocycles.